The highest BCUT2D eigenvalue weighted by atomic mass is 35.5. The summed E-state index contributed by atoms with van der Waals surface area (Å²) in [6.45, 7) is -0.354. The van der Waals surface area contributed by atoms with Crippen LogP contribution in [0.15, 0.2) is 48.5 Å². The number of hydrogen-bond donors (Lipinski definition) is 1. The molecule has 120 valence electrons. The van der Waals surface area contributed by atoms with Gasteiger partial charge in [-0.05, 0) is 42.5 Å². The van der Waals surface area contributed by atoms with E-state index in [2.05, 4.69) is 5.32 Å². The monoisotopic (exact) mass is 332 g/mol. The average Bonchev–Trinajstić information content (AvgIpc) is 2.55. The van der Waals surface area contributed by atoms with E-state index < -0.39 is 11.9 Å². The van der Waals surface area contributed by atoms with Crippen molar-refractivity contribution < 1.29 is 14.3 Å². The van der Waals surface area contributed by atoms with Gasteiger partial charge in [-0.1, -0.05) is 17.7 Å². The summed E-state index contributed by atoms with van der Waals surface area (Å²) in [5.41, 5.74) is 1.87. The van der Waals surface area contributed by atoms with Crippen molar-refractivity contribution in [2.24, 2.45) is 0 Å². The van der Waals surface area contributed by atoms with Crippen LogP contribution in [0.5, 0.6) is 0 Å². The van der Waals surface area contributed by atoms with E-state index in [4.69, 9.17) is 16.3 Å². The van der Waals surface area contributed by atoms with Gasteiger partial charge in [0, 0.05) is 30.5 Å². The van der Waals surface area contributed by atoms with Crippen molar-refractivity contribution >= 4 is 34.9 Å². The van der Waals surface area contributed by atoms with Crippen molar-refractivity contribution in [2.45, 2.75) is 0 Å². The number of halogens is 1. The van der Waals surface area contributed by atoms with Crippen molar-refractivity contribution in [3.8, 4) is 0 Å². The number of carbonyl (C=O) groups excluding carboxylic acids is 2. The van der Waals surface area contributed by atoms with Crippen LogP contribution in [0.3, 0.4) is 0 Å². The Kier molecular flexibility index (Phi) is 5.60. The second-order valence-corrected chi connectivity index (χ2v) is 5.51. The number of nitrogens with zero attached hydrogens (tertiary/aromatic N) is 1. The summed E-state index contributed by atoms with van der Waals surface area (Å²) in [6, 6.07) is 13.7. The zero-order valence-corrected chi connectivity index (χ0v) is 13.6. The first-order chi connectivity index (χ1) is 11.0. The minimum Gasteiger partial charge on any atom is -0.452 e. The fraction of sp³-hybridized carbons (Fsp3) is 0.176. The summed E-state index contributed by atoms with van der Waals surface area (Å²) < 4.78 is 5.02. The van der Waals surface area contributed by atoms with Gasteiger partial charge in [-0.3, -0.25) is 4.79 Å². The van der Waals surface area contributed by atoms with Crippen LogP contribution in [0.25, 0.3) is 0 Å². The number of esters is 1. The second-order valence-electron chi connectivity index (χ2n) is 5.08. The van der Waals surface area contributed by atoms with Crippen LogP contribution in [-0.2, 0) is 9.53 Å². The molecule has 0 atom stereocenters. The number of anilines is 2. The van der Waals surface area contributed by atoms with Crippen molar-refractivity contribution in [3.05, 3.63) is 59.1 Å². The Balaban J connectivity index is 1.89. The van der Waals surface area contributed by atoms with E-state index in [9.17, 15) is 9.59 Å². The van der Waals surface area contributed by atoms with Crippen LogP contribution in [0.2, 0.25) is 5.02 Å². The Morgan fingerprint density at radius 2 is 1.83 bits per heavy atom. The molecule has 0 aliphatic rings. The third-order valence-electron chi connectivity index (χ3n) is 3.06. The fourth-order valence-corrected chi connectivity index (χ4v) is 1.98. The molecule has 0 saturated carbocycles. The van der Waals surface area contributed by atoms with Gasteiger partial charge < -0.3 is 15.0 Å². The van der Waals surface area contributed by atoms with E-state index in [-0.39, 0.29) is 6.61 Å². The number of nitrogens with one attached hydrogen (secondary N) is 1. The maximum absolute atomic E-state index is 12.0. The molecule has 2 aromatic rings. The lowest BCUT2D eigenvalue weighted by Gasteiger charge is -2.13. The van der Waals surface area contributed by atoms with Crippen molar-refractivity contribution in [2.75, 3.05) is 30.9 Å². The van der Waals surface area contributed by atoms with Crippen LogP contribution < -0.4 is 10.2 Å². The summed E-state index contributed by atoms with van der Waals surface area (Å²) in [5, 5.41) is 3.20. The van der Waals surface area contributed by atoms with E-state index >= 15 is 0 Å². The van der Waals surface area contributed by atoms with Crippen LogP contribution >= 0.6 is 11.6 Å². The van der Waals surface area contributed by atoms with Crippen LogP contribution in [-0.4, -0.2) is 32.6 Å². The Bertz CT molecular complexity index is 699. The van der Waals surface area contributed by atoms with Gasteiger partial charge in [-0.15, -0.1) is 0 Å². The Hall–Kier alpha value is -2.53. The normalized spacial score (nSPS) is 10.0. The van der Waals surface area contributed by atoms with Gasteiger partial charge in [-0.25, -0.2) is 4.79 Å². The molecular weight excluding hydrogens is 316 g/mol. The molecule has 1 amide bonds. The molecule has 23 heavy (non-hydrogen) atoms. The standard InChI is InChI=1S/C17H17ClN2O3/c1-20(2)15-5-3-4-12(10-15)17(22)23-11-16(21)19-14-8-6-13(18)7-9-14/h3-10H,11H2,1-2H3,(H,19,21). The second kappa shape index (κ2) is 7.65. The van der Waals surface area contributed by atoms with E-state index in [0.29, 0.717) is 16.3 Å². The maximum atomic E-state index is 12.0. The van der Waals surface area contributed by atoms with Crippen molar-refractivity contribution in [1.82, 2.24) is 0 Å². The van der Waals surface area contributed by atoms with Crippen LogP contribution in [0.1, 0.15) is 10.4 Å². The van der Waals surface area contributed by atoms with Crippen LogP contribution in [0.4, 0.5) is 11.4 Å². The summed E-state index contributed by atoms with van der Waals surface area (Å²) in [6.07, 6.45) is 0. The van der Waals surface area contributed by atoms with E-state index in [0.717, 1.165) is 5.69 Å². The van der Waals surface area contributed by atoms with Gasteiger partial charge in [0.05, 0.1) is 5.56 Å². The third kappa shape index (κ3) is 5.00. The predicted octanol–water partition coefficient (Wildman–Crippen LogP) is 3.20. The molecule has 0 saturated heterocycles. The summed E-state index contributed by atoms with van der Waals surface area (Å²) >= 11 is 5.77. The van der Waals surface area contributed by atoms with Gasteiger partial charge in [0.25, 0.3) is 5.91 Å². The smallest absolute Gasteiger partial charge is 0.338 e. The Labute approximate surface area is 139 Å². The van der Waals surface area contributed by atoms with E-state index in [1.165, 1.54) is 0 Å². The third-order valence-corrected chi connectivity index (χ3v) is 3.31. The molecule has 0 aliphatic carbocycles. The first-order valence-electron chi connectivity index (χ1n) is 6.95. The first kappa shape index (κ1) is 16.8. The minimum absolute atomic E-state index is 0.354. The molecule has 2 aromatic carbocycles. The van der Waals surface area contributed by atoms with E-state index in [1.54, 1.807) is 42.5 Å². The first-order valence-corrected chi connectivity index (χ1v) is 7.33. The molecular formula is C17H17ClN2O3. The molecule has 5 nitrogen and oxygen atoms in total. The van der Waals surface area contributed by atoms with Gasteiger partial charge in [-0.2, -0.15) is 0 Å². The topological polar surface area (TPSA) is 58.6 Å². The van der Waals surface area contributed by atoms with Crippen LogP contribution in [0, 0.1) is 0 Å². The zero-order valence-electron chi connectivity index (χ0n) is 12.9. The molecule has 0 aliphatic heterocycles. The van der Waals surface area contributed by atoms with E-state index in [1.807, 2.05) is 25.1 Å². The lowest BCUT2D eigenvalue weighted by atomic mass is 10.2. The molecule has 0 unspecified atom stereocenters. The molecule has 1 N–H and O–H groups in total. The number of carbonyl (C=O) groups is 2. The minimum atomic E-state index is -0.542. The molecule has 0 heterocycles. The summed E-state index contributed by atoms with van der Waals surface area (Å²) in [7, 11) is 3.76. The molecule has 0 radical (unpaired) electrons. The molecule has 2 rings (SSSR count). The number of hydrogen-bond acceptors (Lipinski definition) is 4. The highest BCUT2D eigenvalue weighted by Crippen LogP contribution is 2.15. The number of ether oxygens (including phenoxy) is 1. The Morgan fingerprint density at radius 1 is 1.13 bits per heavy atom. The molecule has 0 aromatic heterocycles. The molecule has 0 bridgehead atoms. The van der Waals surface area contributed by atoms with Crippen molar-refractivity contribution in [3.63, 3.8) is 0 Å². The number of rotatable bonds is 5. The van der Waals surface area contributed by atoms with Gasteiger partial charge in [0.1, 0.15) is 0 Å². The quantitative estimate of drug-likeness (QED) is 0.854. The lowest BCUT2D eigenvalue weighted by Crippen LogP contribution is -2.21. The molecule has 6 heteroatoms. The van der Waals surface area contributed by atoms with Gasteiger partial charge in [0.15, 0.2) is 6.61 Å². The maximum Gasteiger partial charge on any atom is 0.338 e. The average molecular weight is 333 g/mol. The van der Waals surface area contributed by atoms with Crippen molar-refractivity contribution in [1.29, 1.82) is 0 Å². The predicted molar refractivity (Wildman–Crippen MR) is 91.1 cm³/mol. The highest BCUT2D eigenvalue weighted by molar-refractivity contribution is 6.30. The number of benzene rings is 2. The molecule has 0 fully saturated rings. The van der Waals surface area contributed by atoms with Gasteiger partial charge in [0.2, 0.25) is 0 Å². The fourth-order valence-electron chi connectivity index (χ4n) is 1.86. The summed E-state index contributed by atoms with van der Waals surface area (Å²) in [5.74, 6) is -0.954. The highest BCUT2D eigenvalue weighted by Gasteiger charge is 2.11. The largest absolute Gasteiger partial charge is 0.452 e. The molecule has 0 spiro atoms. The summed E-state index contributed by atoms with van der Waals surface area (Å²) in [4.78, 5) is 25.6. The number of amides is 1. The van der Waals surface area contributed by atoms with Gasteiger partial charge >= 0.3 is 5.97 Å². The SMILES string of the molecule is CN(C)c1cccc(C(=O)OCC(=O)Nc2ccc(Cl)cc2)c1. The zero-order chi connectivity index (χ0) is 16.8. The Morgan fingerprint density at radius 3 is 2.48 bits per heavy atom. The lowest BCUT2D eigenvalue weighted by molar-refractivity contribution is -0.119.